The largest absolute Gasteiger partial charge is 0.508 e. The summed E-state index contributed by atoms with van der Waals surface area (Å²) in [5.74, 6) is -7.72. The lowest BCUT2D eigenvalue weighted by atomic mass is 10.0. The number of phenols is 1. The average molecular weight is 1320 g/mol. The highest BCUT2D eigenvalue weighted by molar-refractivity contribution is 5.99. The zero-order valence-corrected chi connectivity index (χ0v) is 53.8. The number of amides is 10. The highest BCUT2D eigenvalue weighted by Crippen LogP contribution is 2.23. The molecule has 512 valence electrons. The Morgan fingerprint density at radius 1 is 0.698 bits per heavy atom. The van der Waals surface area contributed by atoms with E-state index in [1.165, 1.54) is 41.7 Å². The Bertz CT molecular complexity index is 3680. The Hall–Kier alpha value is -10.7. The van der Waals surface area contributed by atoms with Crippen molar-refractivity contribution in [2.24, 2.45) is 22.4 Å². The fourth-order valence-corrected chi connectivity index (χ4v) is 11.6. The highest BCUT2D eigenvalue weighted by Gasteiger charge is 2.40. The number of nitrogens with two attached hydrogens (primary N) is 2. The molecule has 8 rings (SSSR count). The lowest BCUT2D eigenvalue weighted by molar-refractivity contribution is -0.142. The maximum Gasteiger partial charge on any atom is 0.245 e. The van der Waals surface area contributed by atoms with E-state index in [2.05, 4.69) is 72.8 Å². The average Bonchev–Trinajstić information content (AvgIpc) is 1.65. The van der Waals surface area contributed by atoms with E-state index in [-0.39, 0.29) is 100 Å². The number of aromatic hydroxyl groups is 1. The van der Waals surface area contributed by atoms with Gasteiger partial charge in [-0.1, -0.05) is 74.5 Å². The summed E-state index contributed by atoms with van der Waals surface area (Å²) in [4.78, 5) is 162. The molecule has 0 bridgehead atoms. The van der Waals surface area contributed by atoms with Gasteiger partial charge in [-0.25, -0.2) is 9.97 Å². The Morgan fingerprint density at radius 3 is 1.97 bits per heavy atom. The molecule has 10 amide bonds. The van der Waals surface area contributed by atoms with Crippen LogP contribution in [0.5, 0.6) is 5.75 Å². The molecule has 6 aromatic rings. The van der Waals surface area contributed by atoms with Crippen LogP contribution in [-0.4, -0.2) is 185 Å². The van der Waals surface area contributed by atoms with Gasteiger partial charge in [0.2, 0.25) is 59.1 Å². The lowest BCUT2D eigenvalue weighted by Crippen LogP contribution is -2.61. The number of carbonyl (C=O) groups is 10. The molecule has 3 aromatic carbocycles. The number of imidazole rings is 2. The first-order valence-electron chi connectivity index (χ1n) is 32.2. The number of likely N-dealkylation sites (N-methyl/N-ethyl adjacent to an activating group) is 1. The number of likely N-dealkylation sites (tertiary alicyclic amines) is 1. The first-order valence-corrected chi connectivity index (χ1v) is 32.2. The standard InChI is InChI=1S/C66H86N18O12/c1-4-70-64(95)55-17-11-25-84(55)65(96)48(16-10-24-71-66(67)68)76-58(89)49(26-38(2)3)77-62(93)53(30-43-34-83(37-74-43)33-40-12-6-5-7-13-40)81-59(90)50(27-39-18-20-44(86)21-19-39)78-63(94)54(35-85)82-60(91)51(28-41-31-72-46-15-9-8-14-45(41)46)79-61(92)52(29-42-32-69-36-73-42)80-57(88)47-22-23-56(87)75-47/h5-9,12-15,18-21,31-32,34,36-38,47-55,72,85-86H,4,10-11,16-17,22-30,33,35H2,1-3H3,(H,69,73)(H,70,95)(H,75,87)(H,76,89)(H,77,93)(H,78,94)(H,79,92)(H,80,88)(H,81,90)(H,82,91)(H4,67,68,71)/t47-,48-,49-,50+,51-,52-,53+,54-,55-/m0/s1. The monoisotopic (exact) mass is 1320 g/mol. The maximum absolute atomic E-state index is 15.1. The number of aromatic nitrogens is 5. The van der Waals surface area contributed by atoms with Crippen molar-refractivity contribution in [3.05, 3.63) is 138 Å². The number of phenolic OH excluding ortho intramolecular Hbond substituents is 1. The summed E-state index contributed by atoms with van der Waals surface area (Å²) in [6, 6.07) is 10.5. The van der Waals surface area contributed by atoms with Crippen molar-refractivity contribution < 1.29 is 58.2 Å². The normalized spacial score (nSPS) is 16.6. The summed E-state index contributed by atoms with van der Waals surface area (Å²) in [5, 5.41) is 46.3. The second kappa shape index (κ2) is 34.5. The minimum Gasteiger partial charge on any atom is -0.508 e. The van der Waals surface area contributed by atoms with Crippen molar-refractivity contribution in [3.8, 4) is 5.75 Å². The van der Waals surface area contributed by atoms with Crippen LogP contribution in [0.3, 0.4) is 0 Å². The number of para-hydroxylation sites is 1. The number of rotatable bonds is 34. The summed E-state index contributed by atoms with van der Waals surface area (Å²) < 4.78 is 1.78. The molecule has 2 aliphatic heterocycles. The molecule has 0 aliphatic carbocycles. The van der Waals surface area contributed by atoms with Crippen LogP contribution in [0.15, 0.2) is 115 Å². The van der Waals surface area contributed by atoms with Crippen LogP contribution in [0.25, 0.3) is 10.9 Å². The van der Waals surface area contributed by atoms with Gasteiger partial charge in [0.1, 0.15) is 60.1 Å². The quantitative estimate of drug-likeness (QED) is 0.0131. The van der Waals surface area contributed by atoms with Crippen LogP contribution in [0, 0.1) is 5.92 Å². The van der Waals surface area contributed by atoms with Crippen molar-refractivity contribution in [1.29, 1.82) is 0 Å². The summed E-state index contributed by atoms with van der Waals surface area (Å²) in [5.41, 5.74) is 14.6. The van der Waals surface area contributed by atoms with Crippen molar-refractivity contribution in [2.45, 2.75) is 152 Å². The Kier molecular flexibility index (Phi) is 25.6. The van der Waals surface area contributed by atoms with Crippen LogP contribution >= 0.6 is 0 Å². The third kappa shape index (κ3) is 20.4. The molecule has 17 N–H and O–H groups in total. The molecule has 30 heteroatoms. The van der Waals surface area contributed by atoms with E-state index < -0.39 is 108 Å². The van der Waals surface area contributed by atoms with Crippen molar-refractivity contribution >= 4 is 75.9 Å². The number of aliphatic imine (C=N–C) groups is 1. The summed E-state index contributed by atoms with van der Waals surface area (Å²) in [6.45, 7) is 5.50. The number of nitrogens with zero attached hydrogens (tertiary/aromatic N) is 5. The van der Waals surface area contributed by atoms with E-state index in [4.69, 9.17) is 11.5 Å². The summed E-state index contributed by atoms with van der Waals surface area (Å²) in [7, 11) is 0. The number of guanidine groups is 1. The smallest absolute Gasteiger partial charge is 0.245 e. The van der Waals surface area contributed by atoms with Crippen LogP contribution in [0.2, 0.25) is 0 Å². The summed E-state index contributed by atoms with van der Waals surface area (Å²) in [6.07, 6.45) is 8.49. The topological polar surface area (TPSA) is 449 Å². The number of H-pyrrole nitrogens is 2. The fraction of sp³-hybridized carbons (Fsp3) is 0.439. The second-order valence-corrected chi connectivity index (χ2v) is 24.4. The van der Waals surface area contributed by atoms with Crippen LogP contribution in [-0.2, 0) is 80.2 Å². The van der Waals surface area contributed by atoms with Gasteiger partial charge in [-0.05, 0) is 86.3 Å². The first-order chi connectivity index (χ1) is 46.1. The van der Waals surface area contributed by atoms with Gasteiger partial charge in [0.05, 0.1) is 25.0 Å². The number of aromatic amines is 2. The van der Waals surface area contributed by atoms with E-state index >= 15 is 9.59 Å². The van der Waals surface area contributed by atoms with E-state index in [1.54, 1.807) is 48.4 Å². The summed E-state index contributed by atoms with van der Waals surface area (Å²) >= 11 is 0. The predicted molar refractivity (Wildman–Crippen MR) is 352 cm³/mol. The van der Waals surface area contributed by atoms with Crippen molar-refractivity contribution in [1.82, 2.24) is 77.3 Å². The molecule has 0 saturated carbocycles. The van der Waals surface area contributed by atoms with E-state index in [9.17, 15) is 48.6 Å². The molecule has 5 heterocycles. The van der Waals surface area contributed by atoms with Crippen LogP contribution in [0.4, 0.5) is 0 Å². The molecule has 2 aliphatic rings. The number of aliphatic hydroxyl groups excluding tert-OH is 1. The molecule has 0 spiro atoms. The molecule has 2 fully saturated rings. The molecular weight excluding hydrogens is 1240 g/mol. The predicted octanol–water partition coefficient (Wildman–Crippen LogP) is -0.997. The Labute approximate surface area is 554 Å². The van der Waals surface area contributed by atoms with Crippen molar-refractivity contribution in [2.75, 3.05) is 26.2 Å². The zero-order valence-electron chi connectivity index (χ0n) is 53.8. The Balaban J connectivity index is 1.06. The second-order valence-electron chi connectivity index (χ2n) is 24.4. The minimum atomic E-state index is -1.79. The van der Waals surface area contributed by atoms with E-state index in [1.807, 2.05) is 50.2 Å². The third-order valence-corrected chi connectivity index (χ3v) is 16.5. The first kappa shape index (κ1) is 71.2. The zero-order chi connectivity index (χ0) is 68.8. The van der Waals surface area contributed by atoms with Gasteiger partial charge in [-0.3, -0.25) is 52.9 Å². The van der Waals surface area contributed by atoms with E-state index in [0.29, 0.717) is 59.3 Å². The van der Waals surface area contributed by atoms with Gasteiger partial charge in [-0.15, -0.1) is 0 Å². The fourth-order valence-electron chi connectivity index (χ4n) is 11.6. The minimum absolute atomic E-state index is 0.0495. The van der Waals surface area contributed by atoms with Crippen molar-refractivity contribution in [3.63, 3.8) is 0 Å². The Morgan fingerprint density at radius 2 is 1.32 bits per heavy atom. The molecule has 0 radical (unpaired) electrons. The third-order valence-electron chi connectivity index (χ3n) is 16.5. The number of aliphatic hydroxyl groups is 1. The van der Waals surface area contributed by atoms with Crippen LogP contribution in [0.1, 0.15) is 93.8 Å². The van der Waals surface area contributed by atoms with Crippen LogP contribution < -0.4 is 59.3 Å². The van der Waals surface area contributed by atoms with Gasteiger partial charge >= 0.3 is 0 Å². The number of hydrogen-bond donors (Lipinski definition) is 15. The molecule has 9 atom stereocenters. The molecule has 96 heavy (non-hydrogen) atoms. The molecule has 30 nitrogen and oxygen atoms in total. The van der Waals surface area contributed by atoms with Gasteiger partial charge in [0.25, 0.3) is 0 Å². The number of carbonyl (C=O) groups excluding carboxylic acids is 10. The molecule has 0 unspecified atom stereocenters. The highest BCUT2D eigenvalue weighted by atomic mass is 16.3. The van der Waals surface area contributed by atoms with Gasteiger partial charge < -0.3 is 89.0 Å². The number of nitrogens with one attached hydrogen (secondary N) is 11. The van der Waals surface area contributed by atoms with Gasteiger partial charge in [0, 0.05) is 93.5 Å². The maximum atomic E-state index is 15.1. The molecule has 3 aromatic heterocycles. The molecule has 2 saturated heterocycles. The molecular formula is C66H86N18O12. The lowest BCUT2D eigenvalue weighted by Gasteiger charge is -2.30. The van der Waals surface area contributed by atoms with Gasteiger partial charge in [-0.2, -0.15) is 0 Å². The number of benzene rings is 3. The van der Waals surface area contributed by atoms with Gasteiger partial charge in [0.15, 0.2) is 5.96 Å². The SMILES string of the molecule is CCNC(=O)[C@@H]1CCCN1C(=O)[C@H](CCCN=C(N)N)NC(=O)[C@H](CC(C)C)NC(=O)[C@@H](Cc1cn(Cc2ccccc2)cn1)NC(=O)[C@@H](Cc1ccc(O)cc1)NC(=O)[C@H](CO)NC(=O)[C@H](Cc1c[nH]c2ccccc12)NC(=O)[C@H](Cc1cnc[nH]1)NC(=O)[C@@H]1CCC(=O)N1. The number of fused-ring (bicyclic) bond motifs is 1. The number of hydrogen-bond acceptors (Lipinski definition) is 15. The van der Waals surface area contributed by atoms with E-state index in [0.717, 1.165) is 5.56 Å².